The van der Waals surface area contributed by atoms with Crippen LogP contribution in [0, 0.1) is 13.8 Å². The molecule has 19 heavy (non-hydrogen) atoms. The number of amides is 1. The quantitative estimate of drug-likeness (QED) is 0.882. The lowest BCUT2D eigenvalue weighted by molar-refractivity contribution is -0.133. The first kappa shape index (κ1) is 14.1. The normalized spacial score (nSPS) is 23.5. The zero-order valence-corrected chi connectivity index (χ0v) is 12.4. The molecule has 0 radical (unpaired) electrons. The SMILES string of the molecule is Cc1ccc(C)c(CC(=O)N2CC(C)NCC2C)c1. The molecule has 1 heterocycles. The van der Waals surface area contributed by atoms with Gasteiger partial charge in [0.2, 0.25) is 5.91 Å². The largest absolute Gasteiger partial charge is 0.337 e. The summed E-state index contributed by atoms with van der Waals surface area (Å²) in [7, 11) is 0. The summed E-state index contributed by atoms with van der Waals surface area (Å²) in [6, 6.07) is 7.00. The van der Waals surface area contributed by atoms with E-state index in [-0.39, 0.29) is 11.9 Å². The third kappa shape index (κ3) is 3.35. The van der Waals surface area contributed by atoms with Gasteiger partial charge in [0, 0.05) is 25.2 Å². The Morgan fingerprint density at radius 1 is 1.37 bits per heavy atom. The highest BCUT2D eigenvalue weighted by molar-refractivity contribution is 5.79. The van der Waals surface area contributed by atoms with Gasteiger partial charge in [0.1, 0.15) is 0 Å². The van der Waals surface area contributed by atoms with Gasteiger partial charge in [-0.2, -0.15) is 0 Å². The Morgan fingerprint density at radius 2 is 2.11 bits per heavy atom. The van der Waals surface area contributed by atoms with Crippen LogP contribution in [-0.4, -0.2) is 36.0 Å². The van der Waals surface area contributed by atoms with Gasteiger partial charge >= 0.3 is 0 Å². The molecule has 104 valence electrons. The predicted octanol–water partition coefficient (Wildman–Crippen LogP) is 2.05. The van der Waals surface area contributed by atoms with Crippen LogP contribution in [0.2, 0.25) is 0 Å². The van der Waals surface area contributed by atoms with Crippen LogP contribution >= 0.6 is 0 Å². The molecule has 1 fully saturated rings. The van der Waals surface area contributed by atoms with E-state index in [0.29, 0.717) is 12.5 Å². The summed E-state index contributed by atoms with van der Waals surface area (Å²) in [6.07, 6.45) is 0.518. The molecule has 0 bridgehead atoms. The Hall–Kier alpha value is -1.35. The third-order valence-electron chi connectivity index (χ3n) is 3.93. The summed E-state index contributed by atoms with van der Waals surface area (Å²) in [5.41, 5.74) is 3.58. The average molecular weight is 260 g/mol. The fraction of sp³-hybridized carbons (Fsp3) is 0.562. The van der Waals surface area contributed by atoms with Crippen LogP contribution in [0.3, 0.4) is 0 Å². The highest BCUT2D eigenvalue weighted by Gasteiger charge is 2.26. The topological polar surface area (TPSA) is 32.3 Å². The Balaban J connectivity index is 2.09. The second kappa shape index (κ2) is 5.74. The second-order valence-corrected chi connectivity index (χ2v) is 5.81. The highest BCUT2D eigenvalue weighted by atomic mass is 16.2. The Bertz CT molecular complexity index is 470. The van der Waals surface area contributed by atoms with E-state index >= 15 is 0 Å². The standard InChI is InChI=1S/C16H24N2O/c1-11-5-6-12(2)15(7-11)8-16(19)18-10-13(3)17-9-14(18)4/h5-7,13-14,17H,8-10H2,1-4H3. The summed E-state index contributed by atoms with van der Waals surface area (Å²) in [6.45, 7) is 10.1. The number of nitrogens with zero attached hydrogens (tertiary/aromatic N) is 1. The van der Waals surface area contributed by atoms with E-state index in [0.717, 1.165) is 18.7 Å². The monoisotopic (exact) mass is 260 g/mol. The van der Waals surface area contributed by atoms with Crippen molar-refractivity contribution < 1.29 is 4.79 Å². The van der Waals surface area contributed by atoms with Gasteiger partial charge in [-0.15, -0.1) is 0 Å². The molecule has 1 N–H and O–H groups in total. The number of piperazine rings is 1. The Kier molecular flexibility index (Phi) is 4.25. The molecule has 2 unspecified atom stereocenters. The highest BCUT2D eigenvalue weighted by Crippen LogP contribution is 2.15. The van der Waals surface area contributed by atoms with Crippen molar-refractivity contribution in [2.45, 2.75) is 46.2 Å². The van der Waals surface area contributed by atoms with Crippen molar-refractivity contribution in [2.75, 3.05) is 13.1 Å². The zero-order valence-electron chi connectivity index (χ0n) is 12.4. The molecule has 1 amide bonds. The number of hydrogen-bond acceptors (Lipinski definition) is 2. The number of nitrogens with one attached hydrogen (secondary N) is 1. The van der Waals surface area contributed by atoms with Gasteiger partial charge in [0.25, 0.3) is 0 Å². The molecule has 0 aromatic heterocycles. The van der Waals surface area contributed by atoms with E-state index < -0.39 is 0 Å². The molecule has 1 saturated heterocycles. The number of aryl methyl sites for hydroxylation is 2. The van der Waals surface area contributed by atoms with Crippen molar-refractivity contribution in [3.05, 3.63) is 34.9 Å². The van der Waals surface area contributed by atoms with Gasteiger partial charge in [-0.25, -0.2) is 0 Å². The predicted molar refractivity (Wildman–Crippen MR) is 78.3 cm³/mol. The van der Waals surface area contributed by atoms with Gasteiger partial charge in [-0.05, 0) is 38.8 Å². The van der Waals surface area contributed by atoms with Crippen LogP contribution in [0.1, 0.15) is 30.5 Å². The first-order chi connectivity index (χ1) is 8.97. The molecule has 1 aromatic carbocycles. The van der Waals surface area contributed by atoms with E-state index in [9.17, 15) is 4.79 Å². The van der Waals surface area contributed by atoms with Gasteiger partial charge in [0.15, 0.2) is 0 Å². The van der Waals surface area contributed by atoms with Crippen molar-refractivity contribution in [1.29, 1.82) is 0 Å². The van der Waals surface area contributed by atoms with E-state index in [2.05, 4.69) is 51.2 Å². The van der Waals surface area contributed by atoms with Crippen LogP contribution in [0.15, 0.2) is 18.2 Å². The van der Waals surface area contributed by atoms with E-state index in [4.69, 9.17) is 0 Å². The van der Waals surface area contributed by atoms with Crippen LogP contribution < -0.4 is 5.32 Å². The Labute approximate surface area is 116 Å². The Morgan fingerprint density at radius 3 is 2.84 bits per heavy atom. The maximum atomic E-state index is 12.5. The second-order valence-electron chi connectivity index (χ2n) is 5.81. The smallest absolute Gasteiger partial charge is 0.227 e. The number of carbonyl (C=O) groups is 1. The maximum Gasteiger partial charge on any atom is 0.227 e. The van der Waals surface area contributed by atoms with E-state index in [1.807, 2.05) is 4.90 Å². The van der Waals surface area contributed by atoms with E-state index in [1.54, 1.807) is 0 Å². The third-order valence-corrected chi connectivity index (χ3v) is 3.93. The first-order valence-electron chi connectivity index (χ1n) is 7.06. The van der Waals surface area contributed by atoms with Gasteiger partial charge < -0.3 is 10.2 Å². The molecular weight excluding hydrogens is 236 g/mol. The zero-order chi connectivity index (χ0) is 14.0. The molecule has 0 aliphatic carbocycles. The summed E-state index contributed by atoms with van der Waals surface area (Å²) in [5, 5.41) is 3.41. The number of benzene rings is 1. The summed E-state index contributed by atoms with van der Waals surface area (Å²) in [5.74, 6) is 0.245. The van der Waals surface area contributed by atoms with Crippen LogP contribution in [0.4, 0.5) is 0 Å². The number of hydrogen-bond donors (Lipinski definition) is 1. The molecule has 0 spiro atoms. The lowest BCUT2D eigenvalue weighted by Gasteiger charge is -2.37. The van der Waals surface area contributed by atoms with Crippen molar-refractivity contribution in [3.8, 4) is 0 Å². The van der Waals surface area contributed by atoms with Crippen LogP contribution in [0.25, 0.3) is 0 Å². The molecular formula is C16H24N2O. The van der Waals surface area contributed by atoms with Crippen LogP contribution in [0.5, 0.6) is 0 Å². The van der Waals surface area contributed by atoms with E-state index in [1.165, 1.54) is 11.1 Å². The summed E-state index contributed by atoms with van der Waals surface area (Å²) >= 11 is 0. The van der Waals surface area contributed by atoms with Crippen molar-refractivity contribution in [1.82, 2.24) is 10.2 Å². The molecule has 2 rings (SSSR count). The van der Waals surface area contributed by atoms with Gasteiger partial charge in [0.05, 0.1) is 6.42 Å². The van der Waals surface area contributed by atoms with Gasteiger partial charge in [-0.1, -0.05) is 23.8 Å². The minimum absolute atomic E-state index is 0.245. The molecule has 1 aliphatic heterocycles. The fourth-order valence-corrected chi connectivity index (χ4v) is 2.62. The molecule has 1 aliphatic rings. The molecule has 1 aromatic rings. The molecule has 2 atom stereocenters. The van der Waals surface area contributed by atoms with Crippen molar-refractivity contribution >= 4 is 5.91 Å². The first-order valence-corrected chi connectivity index (χ1v) is 7.06. The molecule has 3 nitrogen and oxygen atoms in total. The summed E-state index contributed by atoms with van der Waals surface area (Å²) in [4.78, 5) is 14.5. The summed E-state index contributed by atoms with van der Waals surface area (Å²) < 4.78 is 0. The average Bonchev–Trinajstić information content (AvgIpc) is 2.36. The minimum Gasteiger partial charge on any atom is -0.337 e. The van der Waals surface area contributed by atoms with Crippen molar-refractivity contribution in [2.24, 2.45) is 0 Å². The van der Waals surface area contributed by atoms with Gasteiger partial charge in [-0.3, -0.25) is 4.79 Å². The minimum atomic E-state index is 0.245. The number of rotatable bonds is 2. The fourth-order valence-electron chi connectivity index (χ4n) is 2.62. The van der Waals surface area contributed by atoms with Crippen molar-refractivity contribution in [3.63, 3.8) is 0 Å². The lowest BCUT2D eigenvalue weighted by Crippen LogP contribution is -2.56. The maximum absolute atomic E-state index is 12.5. The molecule has 3 heteroatoms. The lowest BCUT2D eigenvalue weighted by atomic mass is 10.0. The molecule has 0 saturated carbocycles. The van der Waals surface area contributed by atoms with Crippen LogP contribution in [-0.2, 0) is 11.2 Å². The number of carbonyl (C=O) groups excluding carboxylic acids is 1.